The van der Waals surface area contributed by atoms with E-state index in [4.69, 9.17) is 37.0 Å². The van der Waals surface area contributed by atoms with Crippen LogP contribution in [0.4, 0.5) is 0 Å². The van der Waals surface area contributed by atoms with Crippen LogP contribution >= 0.6 is 15.6 Å². The summed E-state index contributed by atoms with van der Waals surface area (Å²) in [5, 5.41) is 10.6. The van der Waals surface area contributed by atoms with Gasteiger partial charge in [0.15, 0.2) is 12.2 Å². The number of phosphoric ester groups is 2. The molecule has 0 aliphatic heterocycles. The molecule has 0 heterocycles. The SMILES string of the molecule is CCCCCC/C=C\CCCCCCCCCC(=O)OC[C@H](COP(=O)(O)OC[C@@H](O)COP(=O)(O)OC[C@@H](COC(=O)CCCCCCCCCCCCCCC)OC(=O)CCCCCCC/C=C\CCCCCCCC)OC(=O)CCCCCCC/C=C\CCCCCCCC. The van der Waals surface area contributed by atoms with Crippen molar-refractivity contribution in [2.45, 2.75) is 406 Å². The molecular weight excluding hydrogens is 1280 g/mol. The number of phosphoric acid groups is 2. The molecule has 0 saturated heterocycles. The Kier molecular flexibility index (Phi) is 70.6. The normalized spacial score (nSPS) is 14.1. The third-order valence-corrected chi connectivity index (χ3v) is 19.5. The van der Waals surface area contributed by atoms with Gasteiger partial charge in [-0.25, -0.2) is 9.13 Å². The lowest BCUT2D eigenvalue weighted by Gasteiger charge is -2.21. The van der Waals surface area contributed by atoms with Gasteiger partial charge in [-0.2, -0.15) is 0 Å². The topological polar surface area (TPSA) is 237 Å². The molecule has 0 radical (unpaired) electrons. The van der Waals surface area contributed by atoms with Gasteiger partial charge in [0.1, 0.15) is 19.3 Å². The Morgan fingerprint density at radius 2 is 0.469 bits per heavy atom. The molecule has 0 aromatic rings. The van der Waals surface area contributed by atoms with Gasteiger partial charge in [-0.1, -0.05) is 295 Å². The zero-order valence-corrected chi connectivity index (χ0v) is 64.8. The van der Waals surface area contributed by atoms with E-state index < -0.39 is 97.5 Å². The molecule has 98 heavy (non-hydrogen) atoms. The number of rotatable bonds is 77. The number of ether oxygens (including phenoxy) is 4. The highest BCUT2D eigenvalue weighted by Crippen LogP contribution is 2.45. The van der Waals surface area contributed by atoms with Crippen LogP contribution in [0.1, 0.15) is 387 Å². The van der Waals surface area contributed by atoms with Crippen molar-refractivity contribution in [3.8, 4) is 0 Å². The van der Waals surface area contributed by atoms with Gasteiger partial charge in [0.05, 0.1) is 26.4 Å². The Morgan fingerprint density at radius 1 is 0.276 bits per heavy atom. The predicted molar refractivity (Wildman–Crippen MR) is 400 cm³/mol. The van der Waals surface area contributed by atoms with Crippen molar-refractivity contribution in [3.05, 3.63) is 36.5 Å². The number of esters is 4. The first-order valence-corrected chi connectivity index (χ1v) is 43.2. The van der Waals surface area contributed by atoms with Gasteiger partial charge >= 0.3 is 39.5 Å². The summed E-state index contributed by atoms with van der Waals surface area (Å²) in [6, 6.07) is 0. The smallest absolute Gasteiger partial charge is 0.462 e. The highest BCUT2D eigenvalue weighted by atomic mass is 31.2. The van der Waals surface area contributed by atoms with E-state index in [0.717, 1.165) is 135 Å². The van der Waals surface area contributed by atoms with E-state index in [2.05, 4.69) is 64.2 Å². The zero-order valence-electron chi connectivity index (χ0n) is 63.0. The van der Waals surface area contributed by atoms with E-state index in [1.54, 1.807) is 0 Å². The van der Waals surface area contributed by atoms with Gasteiger partial charge < -0.3 is 33.8 Å². The van der Waals surface area contributed by atoms with Gasteiger partial charge in [0, 0.05) is 25.7 Å². The first kappa shape index (κ1) is 95.3. The highest BCUT2D eigenvalue weighted by molar-refractivity contribution is 7.47. The molecule has 0 amide bonds. The van der Waals surface area contributed by atoms with Crippen LogP contribution in [0.3, 0.4) is 0 Å². The monoisotopic (exact) mass is 1430 g/mol. The molecule has 0 rings (SSSR count). The van der Waals surface area contributed by atoms with Crippen LogP contribution in [-0.4, -0.2) is 96.7 Å². The molecule has 576 valence electrons. The fourth-order valence-corrected chi connectivity index (χ4v) is 13.0. The molecule has 17 nitrogen and oxygen atoms in total. The molecule has 5 atom stereocenters. The number of carbonyl (C=O) groups is 4. The van der Waals surface area contributed by atoms with E-state index in [1.807, 2.05) is 0 Å². The molecule has 0 aliphatic rings. The molecule has 2 unspecified atom stereocenters. The van der Waals surface area contributed by atoms with Crippen molar-refractivity contribution in [1.82, 2.24) is 0 Å². The quantitative estimate of drug-likeness (QED) is 0.0169. The van der Waals surface area contributed by atoms with Gasteiger partial charge in [-0.15, -0.1) is 0 Å². The Morgan fingerprint density at radius 3 is 0.714 bits per heavy atom. The van der Waals surface area contributed by atoms with Crippen molar-refractivity contribution in [3.63, 3.8) is 0 Å². The summed E-state index contributed by atoms with van der Waals surface area (Å²) in [5.74, 6) is -2.15. The van der Waals surface area contributed by atoms with Crippen LogP contribution in [-0.2, 0) is 65.4 Å². The van der Waals surface area contributed by atoms with Gasteiger partial charge in [0.2, 0.25) is 0 Å². The third-order valence-electron chi connectivity index (χ3n) is 17.6. The maximum absolute atomic E-state index is 13.1. The second-order valence-corrected chi connectivity index (χ2v) is 30.3. The van der Waals surface area contributed by atoms with E-state index in [-0.39, 0.29) is 25.7 Å². The molecule has 0 aromatic heterocycles. The number of unbranched alkanes of at least 4 members (excludes halogenated alkanes) is 45. The fraction of sp³-hybridized carbons (Fsp3) is 0.873. The van der Waals surface area contributed by atoms with E-state index >= 15 is 0 Å². The van der Waals surface area contributed by atoms with E-state index in [9.17, 15) is 43.2 Å². The molecular formula is C79H148O17P2. The van der Waals surface area contributed by atoms with Crippen molar-refractivity contribution < 1.29 is 80.2 Å². The third kappa shape index (κ3) is 71.7. The summed E-state index contributed by atoms with van der Waals surface area (Å²) in [7, 11) is -9.93. The average Bonchev–Trinajstić information content (AvgIpc) is 1.04. The summed E-state index contributed by atoms with van der Waals surface area (Å²) in [6.07, 6.45) is 68.3. The van der Waals surface area contributed by atoms with Gasteiger partial charge in [-0.05, 0) is 103 Å². The zero-order chi connectivity index (χ0) is 71.8. The van der Waals surface area contributed by atoms with Crippen LogP contribution in [0.5, 0.6) is 0 Å². The average molecular weight is 1430 g/mol. The summed E-state index contributed by atoms with van der Waals surface area (Å²) in [5.41, 5.74) is 0. The number of allylic oxidation sites excluding steroid dienone is 6. The molecule has 0 spiro atoms. The van der Waals surface area contributed by atoms with E-state index in [0.29, 0.717) is 25.7 Å². The summed E-state index contributed by atoms with van der Waals surface area (Å²) >= 11 is 0. The Hall–Kier alpha value is -2.72. The molecule has 0 aromatic carbocycles. The van der Waals surface area contributed by atoms with Crippen LogP contribution in [0, 0.1) is 0 Å². The van der Waals surface area contributed by atoms with Crippen molar-refractivity contribution in [2.75, 3.05) is 39.6 Å². The number of aliphatic hydroxyl groups is 1. The predicted octanol–water partition coefficient (Wildman–Crippen LogP) is 23.1. The van der Waals surface area contributed by atoms with Crippen LogP contribution in [0.2, 0.25) is 0 Å². The number of aliphatic hydroxyl groups excluding tert-OH is 1. The lowest BCUT2D eigenvalue weighted by atomic mass is 10.0. The van der Waals surface area contributed by atoms with Crippen LogP contribution in [0.25, 0.3) is 0 Å². The first-order valence-electron chi connectivity index (χ1n) is 40.2. The van der Waals surface area contributed by atoms with Crippen LogP contribution < -0.4 is 0 Å². The maximum atomic E-state index is 13.1. The van der Waals surface area contributed by atoms with E-state index in [1.165, 1.54) is 173 Å². The molecule has 0 fully saturated rings. The lowest BCUT2D eigenvalue weighted by Crippen LogP contribution is -2.30. The molecule has 0 aliphatic carbocycles. The number of hydrogen-bond acceptors (Lipinski definition) is 15. The Balaban J connectivity index is 5.32. The van der Waals surface area contributed by atoms with Crippen molar-refractivity contribution >= 4 is 39.5 Å². The van der Waals surface area contributed by atoms with Crippen molar-refractivity contribution in [1.29, 1.82) is 0 Å². The Labute approximate surface area is 598 Å². The summed E-state index contributed by atoms with van der Waals surface area (Å²) in [6.45, 7) is 4.92. The molecule has 3 N–H and O–H groups in total. The second kappa shape index (κ2) is 72.6. The van der Waals surface area contributed by atoms with Gasteiger partial charge in [0.25, 0.3) is 0 Å². The summed E-state index contributed by atoms with van der Waals surface area (Å²) in [4.78, 5) is 72.9. The van der Waals surface area contributed by atoms with Gasteiger partial charge in [-0.3, -0.25) is 37.3 Å². The minimum atomic E-state index is -4.97. The number of hydrogen-bond donors (Lipinski definition) is 3. The molecule has 0 saturated carbocycles. The van der Waals surface area contributed by atoms with Crippen molar-refractivity contribution in [2.24, 2.45) is 0 Å². The minimum absolute atomic E-state index is 0.0906. The summed E-state index contributed by atoms with van der Waals surface area (Å²) < 4.78 is 68.6. The first-order chi connectivity index (χ1) is 47.7. The lowest BCUT2D eigenvalue weighted by molar-refractivity contribution is -0.161. The van der Waals surface area contributed by atoms with Crippen LogP contribution in [0.15, 0.2) is 36.5 Å². The number of carbonyl (C=O) groups excluding carboxylic acids is 4. The maximum Gasteiger partial charge on any atom is 0.472 e. The highest BCUT2D eigenvalue weighted by Gasteiger charge is 2.30. The molecule has 0 bridgehead atoms. The standard InChI is InChI=1S/C79H148O17P2/c1-5-9-13-17-21-25-29-33-36-40-44-48-52-56-60-64-77(82)90-70-75(96-79(84)66-62-58-54-50-46-42-38-35-31-27-23-19-15-11-7-3)72-94-98(87,88)92-68-73(80)67-91-97(85,86)93-71-74(69-89-76(81)63-59-55-51-47-43-39-32-28-24-20-16-12-8-4)95-78(83)65-61-57-53-49-45-41-37-34-30-26-22-18-14-10-6-2/h25,29,34-35,37-38,73-75,80H,5-24,26-28,30-33,36,39-72H2,1-4H3,(H,85,86)(H,87,88)/b29-25-,37-34-,38-35-/t73-,74+,75+/m0/s1. The largest absolute Gasteiger partial charge is 0.472 e. The Bertz CT molecular complexity index is 2000. The minimum Gasteiger partial charge on any atom is -0.462 e. The molecule has 19 heteroatoms. The fourth-order valence-electron chi connectivity index (χ4n) is 11.4. The second-order valence-electron chi connectivity index (χ2n) is 27.4.